The van der Waals surface area contributed by atoms with Crippen LogP contribution in [-0.2, 0) is 15.3 Å². The maximum Gasteiger partial charge on any atom is 0.189 e. The van der Waals surface area contributed by atoms with Crippen LogP contribution in [0.3, 0.4) is 0 Å². The fraction of sp³-hybridized carbons (Fsp3) is 0.400. The molecule has 0 N–H and O–H groups in total. The van der Waals surface area contributed by atoms with Crippen LogP contribution in [0.4, 0.5) is 4.39 Å². The number of hydrogen-bond acceptors (Lipinski definition) is 2. The van der Waals surface area contributed by atoms with Gasteiger partial charge in [-0.05, 0) is 31.0 Å². The second-order valence-corrected chi connectivity index (χ2v) is 4.16. The zero-order valence-corrected chi connectivity index (χ0v) is 9.07. The van der Waals surface area contributed by atoms with Gasteiger partial charge in [0.1, 0.15) is 6.67 Å². The molecule has 0 aliphatic heterocycles. The molecule has 0 aromatic heterocycles. The fourth-order valence-corrected chi connectivity index (χ4v) is 2.01. The van der Waals surface area contributed by atoms with E-state index in [1.165, 1.54) is 0 Å². The van der Waals surface area contributed by atoms with Crippen LogP contribution in [0.25, 0.3) is 0 Å². The van der Waals surface area contributed by atoms with Gasteiger partial charge in [0.25, 0.3) is 0 Å². The van der Waals surface area contributed by atoms with E-state index in [0.717, 1.165) is 11.1 Å². The van der Waals surface area contributed by atoms with E-state index in [9.17, 15) is 8.60 Å². The summed E-state index contributed by atoms with van der Waals surface area (Å²) in [5, 5.41) is 0. The molecule has 1 aromatic carbocycles. The van der Waals surface area contributed by atoms with Crippen LogP contribution < -0.4 is 0 Å². The van der Waals surface area contributed by atoms with Gasteiger partial charge in [-0.2, -0.15) is 0 Å². The zero-order valence-electron chi connectivity index (χ0n) is 8.25. The molecule has 14 heavy (non-hydrogen) atoms. The normalized spacial score (nSPS) is 12.8. The third kappa shape index (κ3) is 2.89. The van der Waals surface area contributed by atoms with Crippen molar-refractivity contribution in [3.8, 4) is 0 Å². The molecule has 0 heterocycles. The number of benzene rings is 1. The highest BCUT2D eigenvalue weighted by Gasteiger charge is 2.07. The Hall–Kier alpha value is -0.740. The Balaban J connectivity index is 2.83. The Morgan fingerprint density at radius 2 is 2.14 bits per heavy atom. The van der Waals surface area contributed by atoms with Crippen LogP contribution in [0.5, 0.6) is 0 Å². The topological polar surface area (TPSA) is 26.3 Å². The van der Waals surface area contributed by atoms with Crippen molar-refractivity contribution in [3.63, 3.8) is 0 Å². The zero-order chi connectivity index (χ0) is 10.6. The average molecular weight is 216 g/mol. The summed E-state index contributed by atoms with van der Waals surface area (Å²) in [5.41, 5.74) is 1.91. The van der Waals surface area contributed by atoms with Crippen LogP contribution in [-0.4, -0.2) is 17.5 Å². The molecule has 1 aromatic rings. The first-order chi connectivity index (χ1) is 6.65. The van der Waals surface area contributed by atoms with Gasteiger partial charge in [-0.3, -0.25) is 4.18 Å². The monoisotopic (exact) mass is 216 g/mol. The van der Waals surface area contributed by atoms with Crippen LogP contribution in [0.1, 0.15) is 11.1 Å². The molecule has 1 atom stereocenters. The van der Waals surface area contributed by atoms with Crippen molar-refractivity contribution in [2.24, 2.45) is 0 Å². The lowest BCUT2D eigenvalue weighted by molar-refractivity contribution is 0.295. The first-order valence-electron chi connectivity index (χ1n) is 4.33. The largest absolute Gasteiger partial charge is 0.284 e. The minimum atomic E-state index is -1.55. The number of alkyl halides is 1. The summed E-state index contributed by atoms with van der Waals surface area (Å²) in [6, 6.07) is 5.61. The van der Waals surface area contributed by atoms with E-state index >= 15 is 0 Å². The molecule has 1 rings (SSSR count). The van der Waals surface area contributed by atoms with Crippen LogP contribution in [0, 0.1) is 13.8 Å². The van der Waals surface area contributed by atoms with Gasteiger partial charge in [-0.1, -0.05) is 12.1 Å². The molecule has 1 unspecified atom stereocenters. The van der Waals surface area contributed by atoms with E-state index in [-0.39, 0.29) is 6.61 Å². The molecule has 0 saturated heterocycles. The molecule has 0 saturated carbocycles. The summed E-state index contributed by atoms with van der Waals surface area (Å²) in [7, 11) is 0. The molecule has 0 bridgehead atoms. The van der Waals surface area contributed by atoms with Gasteiger partial charge in [-0.15, -0.1) is 0 Å². The first kappa shape index (κ1) is 11.3. The van der Waals surface area contributed by atoms with Crippen molar-refractivity contribution < 1.29 is 12.8 Å². The summed E-state index contributed by atoms with van der Waals surface area (Å²) in [6.07, 6.45) is 0. The smallest absolute Gasteiger partial charge is 0.189 e. The van der Waals surface area contributed by atoms with Crippen molar-refractivity contribution in [1.29, 1.82) is 0 Å². The lowest BCUT2D eigenvalue weighted by Crippen LogP contribution is -2.03. The molecule has 0 spiro atoms. The van der Waals surface area contributed by atoms with Gasteiger partial charge in [0.2, 0.25) is 0 Å². The molecule has 0 radical (unpaired) electrons. The Morgan fingerprint density at radius 3 is 2.79 bits per heavy atom. The van der Waals surface area contributed by atoms with Crippen molar-refractivity contribution in [2.75, 3.05) is 13.3 Å². The van der Waals surface area contributed by atoms with E-state index in [4.69, 9.17) is 4.18 Å². The second-order valence-electron chi connectivity index (χ2n) is 3.01. The predicted octanol–water partition coefficient (Wildman–Crippen LogP) is 2.31. The van der Waals surface area contributed by atoms with E-state index in [1.807, 2.05) is 26.0 Å². The SMILES string of the molecule is Cc1ccc(C)c(S(=O)OCCF)c1. The molecule has 78 valence electrons. The molecule has 0 amide bonds. The predicted molar refractivity (Wildman–Crippen MR) is 54.3 cm³/mol. The maximum absolute atomic E-state index is 11.8. The van der Waals surface area contributed by atoms with E-state index in [0.29, 0.717) is 4.90 Å². The Labute approximate surface area is 85.8 Å². The quantitative estimate of drug-likeness (QED) is 0.772. The third-order valence-electron chi connectivity index (χ3n) is 1.79. The van der Waals surface area contributed by atoms with Gasteiger partial charge < -0.3 is 0 Å². The second kappa shape index (κ2) is 5.22. The van der Waals surface area contributed by atoms with Crippen molar-refractivity contribution in [2.45, 2.75) is 18.7 Å². The van der Waals surface area contributed by atoms with Crippen molar-refractivity contribution in [1.82, 2.24) is 0 Å². The molecular formula is C10H13FO2S. The van der Waals surface area contributed by atoms with Crippen molar-refractivity contribution >= 4 is 11.1 Å². The van der Waals surface area contributed by atoms with Crippen molar-refractivity contribution in [3.05, 3.63) is 29.3 Å². The molecule has 0 fully saturated rings. The summed E-state index contributed by atoms with van der Waals surface area (Å²) < 4.78 is 28.1. The molecule has 4 heteroatoms. The van der Waals surface area contributed by atoms with E-state index in [1.54, 1.807) is 6.07 Å². The summed E-state index contributed by atoms with van der Waals surface area (Å²) in [6.45, 7) is 3.03. The molecular weight excluding hydrogens is 203 g/mol. The third-order valence-corrected chi connectivity index (χ3v) is 2.97. The average Bonchev–Trinajstić information content (AvgIpc) is 2.18. The highest BCUT2D eigenvalue weighted by atomic mass is 32.2. The number of halogens is 1. The fourth-order valence-electron chi connectivity index (χ4n) is 1.06. The standard InChI is InChI=1S/C10H13FO2S/c1-8-3-4-9(2)10(7-8)14(12)13-6-5-11/h3-4,7H,5-6H2,1-2H3. The lowest BCUT2D eigenvalue weighted by Gasteiger charge is -2.05. The minimum Gasteiger partial charge on any atom is -0.284 e. The molecule has 0 aliphatic rings. The van der Waals surface area contributed by atoms with E-state index in [2.05, 4.69) is 0 Å². The number of hydrogen-bond donors (Lipinski definition) is 0. The summed E-state index contributed by atoms with van der Waals surface area (Å²) in [5.74, 6) is 0. The van der Waals surface area contributed by atoms with Crippen LogP contribution >= 0.6 is 0 Å². The summed E-state index contributed by atoms with van der Waals surface area (Å²) >= 11 is -1.55. The Kier molecular flexibility index (Phi) is 4.22. The van der Waals surface area contributed by atoms with Gasteiger partial charge in [-0.25, -0.2) is 8.60 Å². The first-order valence-corrected chi connectivity index (χ1v) is 5.41. The molecule has 2 nitrogen and oxygen atoms in total. The van der Waals surface area contributed by atoms with Crippen LogP contribution in [0.2, 0.25) is 0 Å². The summed E-state index contributed by atoms with van der Waals surface area (Å²) in [4.78, 5) is 0.624. The Morgan fingerprint density at radius 1 is 1.43 bits per heavy atom. The lowest BCUT2D eigenvalue weighted by atomic mass is 10.2. The van der Waals surface area contributed by atoms with Gasteiger partial charge in [0.05, 0.1) is 11.5 Å². The Bertz CT molecular complexity index is 339. The number of aryl methyl sites for hydroxylation is 2. The highest BCUT2D eigenvalue weighted by molar-refractivity contribution is 7.80. The van der Waals surface area contributed by atoms with Gasteiger partial charge >= 0.3 is 0 Å². The highest BCUT2D eigenvalue weighted by Crippen LogP contribution is 2.15. The maximum atomic E-state index is 11.8. The molecule has 0 aliphatic carbocycles. The van der Waals surface area contributed by atoms with Crippen LogP contribution in [0.15, 0.2) is 23.1 Å². The van der Waals surface area contributed by atoms with E-state index < -0.39 is 17.8 Å². The number of rotatable bonds is 4. The van der Waals surface area contributed by atoms with Gasteiger partial charge in [0, 0.05) is 0 Å². The minimum absolute atomic E-state index is 0.125. The van der Waals surface area contributed by atoms with Gasteiger partial charge in [0.15, 0.2) is 11.1 Å².